The molecule has 4 amide bonds. The number of hydrogen-bond acceptors (Lipinski definition) is 6. The quantitative estimate of drug-likeness (QED) is 0.453. The van der Waals surface area contributed by atoms with Crippen molar-refractivity contribution in [1.29, 1.82) is 0 Å². The number of carbonyl (C=O) groups is 3. The molecule has 2 aromatic rings. The van der Waals surface area contributed by atoms with Crippen LogP contribution in [0.1, 0.15) is 27.9 Å². The lowest BCUT2D eigenvalue weighted by molar-refractivity contribution is -0.137. The van der Waals surface area contributed by atoms with Gasteiger partial charge in [-0.25, -0.2) is 4.79 Å². The van der Waals surface area contributed by atoms with E-state index in [1.54, 1.807) is 0 Å². The SMILES string of the molecule is NC(=O)Nc1ccc(C(F)(F)F)cc1C(=O)NCC(=O)N[C@@H]1CCN(Cc2ccc3c(c2)OCO3)C1. The van der Waals surface area contributed by atoms with Gasteiger partial charge in [-0.05, 0) is 42.3 Å². The van der Waals surface area contributed by atoms with Crippen molar-refractivity contribution in [2.75, 3.05) is 31.7 Å². The first-order valence-electron chi connectivity index (χ1n) is 11.0. The standard InChI is InChI=1S/C23H24F3N5O5/c24-23(25,26)14-2-3-17(30-22(27)34)16(8-14)21(33)28-9-20(32)29-15-5-6-31(11-15)10-13-1-4-18-19(7-13)36-12-35-18/h1-4,7-8,15H,5-6,9-12H2,(H,28,33)(H,29,32)(H3,27,30,34)/t15-/m1/s1. The Morgan fingerprint density at radius 2 is 1.86 bits per heavy atom. The zero-order valence-electron chi connectivity index (χ0n) is 19.0. The number of carbonyl (C=O) groups excluding carboxylic acids is 3. The molecule has 1 saturated heterocycles. The smallest absolute Gasteiger partial charge is 0.416 e. The second-order valence-corrected chi connectivity index (χ2v) is 8.41. The molecule has 10 nitrogen and oxygen atoms in total. The first-order valence-corrected chi connectivity index (χ1v) is 11.0. The number of primary amides is 1. The van der Waals surface area contributed by atoms with Gasteiger partial charge in [0.2, 0.25) is 12.7 Å². The number of amides is 4. The molecule has 2 heterocycles. The molecule has 0 aromatic heterocycles. The number of nitrogens with two attached hydrogens (primary N) is 1. The van der Waals surface area contributed by atoms with Gasteiger partial charge in [0.25, 0.3) is 5.91 Å². The number of halogens is 3. The minimum absolute atomic E-state index is 0.149. The molecule has 0 saturated carbocycles. The maximum absolute atomic E-state index is 13.1. The maximum Gasteiger partial charge on any atom is 0.416 e. The molecule has 36 heavy (non-hydrogen) atoms. The molecule has 2 aromatic carbocycles. The van der Waals surface area contributed by atoms with E-state index in [1.807, 2.05) is 18.2 Å². The van der Waals surface area contributed by atoms with Crippen molar-refractivity contribution in [3.8, 4) is 11.5 Å². The van der Waals surface area contributed by atoms with Gasteiger partial charge in [0.05, 0.1) is 23.4 Å². The fraction of sp³-hybridized carbons (Fsp3) is 0.348. The van der Waals surface area contributed by atoms with Crippen molar-refractivity contribution in [2.45, 2.75) is 25.2 Å². The average Bonchev–Trinajstić information content (AvgIpc) is 3.45. The van der Waals surface area contributed by atoms with E-state index in [0.717, 1.165) is 18.2 Å². The summed E-state index contributed by atoms with van der Waals surface area (Å²) in [7, 11) is 0. The Bertz CT molecular complexity index is 1170. The van der Waals surface area contributed by atoms with Crippen LogP contribution in [0.25, 0.3) is 0 Å². The van der Waals surface area contributed by atoms with Crippen LogP contribution >= 0.6 is 0 Å². The topological polar surface area (TPSA) is 135 Å². The van der Waals surface area contributed by atoms with Crippen molar-refractivity contribution in [3.05, 3.63) is 53.1 Å². The molecule has 13 heteroatoms. The Hall–Kier alpha value is -4.00. The lowest BCUT2D eigenvalue weighted by Crippen LogP contribution is -2.43. The van der Waals surface area contributed by atoms with Gasteiger partial charge in [0, 0.05) is 25.7 Å². The van der Waals surface area contributed by atoms with Gasteiger partial charge >= 0.3 is 12.2 Å². The lowest BCUT2D eigenvalue weighted by Gasteiger charge is -2.17. The van der Waals surface area contributed by atoms with E-state index in [9.17, 15) is 27.6 Å². The molecule has 1 fully saturated rings. The summed E-state index contributed by atoms with van der Waals surface area (Å²) in [5, 5.41) is 7.21. The summed E-state index contributed by atoms with van der Waals surface area (Å²) in [5.74, 6) is -0.0530. The van der Waals surface area contributed by atoms with Crippen molar-refractivity contribution >= 4 is 23.5 Å². The number of benzene rings is 2. The lowest BCUT2D eigenvalue weighted by atomic mass is 10.1. The Labute approximate surface area is 203 Å². The van der Waals surface area contributed by atoms with Crippen LogP contribution in [-0.4, -0.2) is 55.2 Å². The zero-order chi connectivity index (χ0) is 25.9. The van der Waals surface area contributed by atoms with E-state index in [1.165, 1.54) is 0 Å². The molecule has 4 rings (SSSR count). The van der Waals surface area contributed by atoms with E-state index in [-0.39, 0.29) is 18.5 Å². The van der Waals surface area contributed by atoms with Crippen molar-refractivity contribution in [1.82, 2.24) is 15.5 Å². The fourth-order valence-electron chi connectivity index (χ4n) is 4.08. The van der Waals surface area contributed by atoms with Crippen LogP contribution in [0, 0.1) is 0 Å². The summed E-state index contributed by atoms with van der Waals surface area (Å²) in [5.41, 5.74) is 4.32. The second-order valence-electron chi connectivity index (χ2n) is 8.41. The number of urea groups is 1. The second kappa shape index (κ2) is 10.3. The summed E-state index contributed by atoms with van der Waals surface area (Å²) in [6, 6.07) is 6.74. The highest BCUT2D eigenvalue weighted by Crippen LogP contribution is 2.33. The van der Waals surface area contributed by atoms with Crippen LogP contribution in [-0.2, 0) is 17.5 Å². The summed E-state index contributed by atoms with van der Waals surface area (Å²) < 4.78 is 49.9. The predicted molar refractivity (Wildman–Crippen MR) is 121 cm³/mol. The molecule has 1 atom stereocenters. The van der Waals surface area contributed by atoms with E-state index < -0.39 is 41.7 Å². The molecule has 0 spiro atoms. The number of ether oxygens (including phenoxy) is 2. The van der Waals surface area contributed by atoms with Gasteiger partial charge in [0.15, 0.2) is 11.5 Å². The minimum atomic E-state index is -4.70. The summed E-state index contributed by atoms with van der Waals surface area (Å²) >= 11 is 0. The predicted octanol–water partition coefficient (Wildman–Crippen LogP) is 2.05. The van der Waals surface area contributed by atoms with Gasteiger partial charge in [-0.2, -0.15) is 13.2 Å². The summed E-state index contributed by atoms with van der Waals surface area (Å²) in [6.07, 6.45) is -4.00. The minimum Gasteiger partial charge on any atom is -0.454 e. The maximum atomic E-state index is 13.1. The molecular weight excluding hydrogens is 483 g/mol. The third-order valence-electron chi connectivity index (χ3n) is 5.74. The molecule has 5 N–H and O–H groups in total. The van der Waals surface area contributed by atoms with Gasteiger partial charge in [-0.3, -0.25) is 14.5 Å². The molecule has 0 radical (unpaired) electrons. The number of nitrogens with zero attached hydrogens (tertiary/aromatic N) is 1. The number of rotatable bonds is 7. The molecule has 2 aliphatic rings. The van der Waals surface area contributed by atoms with E-state index in [2.05, 4.69) is 20.9 Å². The molecular formula is C23H24F3N5O5. The highest BCUT2D eigenvalue weighted by molar-refractivity contribution is 6.04. The fourth-order valence-corrected chi connectivity index (χ4v) is 4.08. The Balaban J connectivity index is 1.29. The van der Waals surface area contributed by atoms with Crippen molar-refractivity contribution in [2.24, 2.45) is 5.73 Å². The molecule has 0 unspecified atom stereocenters. The normalized spacial score (nSPS) is 17.0. The van der Waals surface area contributed by atoms with Crippen molar-refractivity contribution in [3.63, 3.8) is 0 Å². The zero-order valence-corrected chi connectivity index (χ0v) is 19.0. The molecule has 0 aliphatic carbocycles. The van der Waals surface area contributed by atoms with Gasteiger partial charge in [-0.15, -0.1) is 0 Å². The number of hydrogen-bond donors (Lipinski definition) is 4. The summed E-state index contributed by atoms with van der Waals surface area (Å²) in [4.78, 5) is 38.2. The van der Waals surface area contributed by atoms with Crippen LogP contribution in [0.15, 0.2) is 36.4 Å². The van der Waals surface area contributed by atoms with E-state index in [4.69, 9.17) is 15.2 Å². The van der Waals surface area contributed by atoms with Crippen LogP contribution in [0.4, 0.5) is 23.7 Å². The van der Waals surface area contributed by atoms with Crippen LogP contribution in [0.3, 0.4) is 0 Å². The van der Waals surface area contributed by atoms with Gasteiger partial charge in [0.1, 0.15) is 0 Å². The number of nitrogens with one attached hydrogen (secondary N) is 3. The average molecular weight is 507 g/mol. The number of alkyl halides is 3. The van der Waals surface area contributed by atoms with E-state index >= 15 is 0 Å². The summed E-state index contributed by atoms with van der Waals surface area (Å²) in [6.45, 7) is 1.74. The van der Waals surface area contributed by atoms with E-state index in [0.29, 0.717) is 43.1 Å². The van der Waals surface area contributed by atoms with Gasteiger partial charge < -0.3 is 31.2 Å². The largest absolute Gasteiger partial charge is 0.454 e. The number of anilines is 1. The van der Waals surface area contributed by atoms with Gasteiger partial charge in [-0.1, -0.05) is 6.07 Å². The first-order chi connectivity index (χ1) is 17.1. The molecule has 2 aliphatic heterocycles. The Morgan fingerprint density at radius 3 is 2.61 bits per heavy atom. The van der Waals surface area contributed by atoms with Crippen LogP contribution in [0.5, 0.6) is 11.5 Å². The van der Waals surface area contributed by atoms with Crippen LogP contribution < -0.4 is 31.2 Å². The Kier molecular flexibility index (Phi) is 7.20. The third-order valence-corrected chi connectivity index (χ3v) is 5.74. The van der Waals surface area contributed by atoms with Crippen molar-refractivity contribution < 1.29 is 37.0 Å². The van der Waals surface area contributed by atoms with Crippen LogP contribution in [0.2, 0.25) is 0 Å². The monoisotopic (exact) mass is 507 g/mol. The first kappa shape index (κ1) is 25.1. The number of likely N-dealkylation sites (tertiary alicyclic amines) is 1. The number of fused-ring (bicyclic) bond motifs is 1. The highest BCUT2D eigenvalue weighted by Gasteiger charge is 2.32. The molecule has 192 valence electrons. The Morgan fingerprint density at radius 1 is 1.08 bits per heavy atom. The highest BCUT2D eigenvalue weighted by atomic mass is 19.4. The molecule has 0 bridgehead atoms. The third kappa shape index (κ3) is 6.16.